The smallest absolute Gasteiger partial charge is 0.193 e. The summed E-state index contributed by atoms with van der Waals surface area (Å²) in [6.07, 6.45) is 0. The second kappa shape index (κ2) is 4.69. The highest BCUT2D eigenvalue weighted by atomic mass is 19.1. The maximum atomic E-state index is 13.1. The van der Waals surface area contributed by atoms with Crippen molar-refractivity contribution >= 4 is 5.78 Å². The fraction of sp³-hybridized carbons (Fsp3) is 0.133. The first-order valence-corrected chi connectivity index (χ1v) is 5.55. The number of ketones is 1. The zero-order valence-corrected chi connectivity index (χ0v) is 10.1. The Labute approximate surface area is 104 Å². The third kappa shape index (κ3) is 2.45. The number of benzene rings is 2. The lowest BCUT2D eigenvalue weighted by molar-refractivity contribution is 0.103. The Morgan fingerprint density at radius 1 is 0.944 bits per heavy atom. The fourth-order valence-electron chi connectivity index (χ4n) is 1.82. The highest BCUT2D eigenvalue weighted by Gasteiger charge is 2.14. The minimum absolute atomic E-state index is 0.0289. The number of hydrogen-bond donors (Lipinski definition) is 0. The number of hydrogen-bond acceptors (Lipinski definition) is 1. The molecule has 0 aliphatic rings. The first-order valence-electron chi connectivity index (χ1n) is 5.55. The van der Waals surface area contributed by atoms with Crippen LogP contribution in [0, 0.1) is 25.5 Å². The monoisotopic (exact) mass is 246 g/mol. The van der Waals surface area contributed by atoms with Crippen LogP contribution in [0.15, 0.2) is 36.4 Å². The summed E-state index contributed by atoms with van der Waals surface area (Å²) < 4.78 is 26.2. The molecule has 1 nitrogen and oxygen atoms in total. The SMILES string of the molecule is Cc1ccc(C)c(C(=O)c2cc(F)cc(F)c2)c1. The van der Waals surface area contributed by atoms with E-state index < -0.39 is 11.6 Å². The molecule has 0 atom stereocenters. The van der Waals surface area contributed by atoms with Crippen LogP contribution in [0.25, 0.3) is 0 Å². The van der Waals surface area contributed by atoms with Gasteiger partial charge in [-0.05, 0) is 37.6 Å². The number of carbonyl (C=O) groups is 1. The Bertz CT molecular complexity index is 598. The molecule has 0 bridgehead atoms. The molecule has 0 fully saturated rings. The molecular formula is C15H12F2O. The van der Waals surface area contributed by atoms with E-state index in [0.29, 0.717) is 5.56 Å². The van der Waals surface area contributed by atoms with Crippen LogP contribution in [0.5, 0.6) is 0 Å². The van der Waals surface area contributed by atoms with E-state index in [-0.39, 0.29) is 11.3 Å². The van der Waals surface area contributed by atoms with E-state index in [1.807, 2.05) is 19.1 Å². The van der Waals surface area contributed by atoms with Crippen LogP contribution >= 0.6 is 0 Å². The molecule has 2 aromatic carbocycles. The molecule has 3 heteroatoms. The lowest BCUT2D eigenvalue weighted by Crippen LogP contribution is -2.05. The van der Waals surface area contributed by atoms with Gasteiger partial charge in [-0.3, -0.25) is 4.79 Å². The van der Waals surface area contributed by atoms with Crippen LogP contribution in [-0.4, -0.2) is 5.78 Å². The number of halogens is 2. The van der Waals surface area contributed by atoms with Gasteiger partial charge >= 0.3 is 0 Å². The van der Waals surface area contributed by atoms with Crippen molar-refractivity contribution in [3.8, 4) is 0 Å². The van der Waals surface area contributed by atoms with E-state index in [1.54, 1.807) is 13.0 Å². The van der Waals surface area contributed by atoms with Crippen molar-refractivity contribution in [2.45, 2.75) is 13.8 Å². The minimum atomic E-state index is -0.747. The number of aryl methyl sites for hydroxylation is 2. The van der Waals surface area contributed by atoms with Crippen molar-refractivity contribution < 1.29 is 13.6 Å². The molecule has 0 amide bonds. The van der Waals surface area contributed by atoms with Crippen molar-refractivity contribution in [1.82, 2.24) is 0 Å². The van der Waals surface area contributed by atoms with Crippen LogP contribution in [-0.2, 0) is 0 Å². The second-order valence-electron chi connectivity index (χ2n) is 4.31. The van der Waals surface area contributed by atoms with Gasteiger partial charge in [0, 0.05) is 17.2 Å². The Morgan fingerprint density at radius 3 is 2.17 bits per heavy atom. The maximum Gasteiger partial charge on any atom is 0.193 e. The van der Waals surface area contributed by atoms with E-state index in [1.165, 1.54) is 0 Å². The average molecular weight is 246 g/mol. The Balaban J connectivity index is 2.51. The van der Waals surface area contributed by atoms with Gasteiger partial charge in [0.15, 0.2) is 5.78 Å². The van der Waals surface area contributed by atoms with Gasteiger partial charge in [-0.15, -0.1) is 0 Å². The minimum Gasteiger partial charge on any atom is -0.289 e. The standard InChI is InChI=1S/C15H12F2O/c1-9-3-4-10(2)14(5-9)15(18)11-6-12(16)8-13(17)7-11/h3-8H,1-2H3. The normalized spacial score (nSPS) is 10.4. The second-order valence-corrected chi connectivity index (χ2v) is 4.31. The van der Waals surface area contributed by atoms with Gasteiger partial charge in [0.25, 0.3) is 0 Å². The number of carbonyl (C=O) groups excluding carboxylic acids is 1. The van der Waals surface area contributed by atoms with Crippen LogP contribution in [0.4, 0.5) is 8.78 Å². The molecule has 2 aromatic rings. The van der Waals surface area contributed by atoms with E-state index in [2.05, 4.69) is 0 Å². The topological polar surface area (TPSA) is 17.1 Å². The first-order chi connectivity index (χ1) is 8.47. The first kappa shape index (κ1) is 12.4. The van der Waals surface area contributed by atoms with Gasteiger partial charge in [-0.1, -0.05) is 17.7 Å². The zero-order valence-electron chi connectivity index (χ0n) is 10.1. The number of rotatable bonds is 2. The molecule has 92 valence electrons. The molecule has 18 heavy (non-hydrogen) atoms. The van der Waals surface area contributed by atoms with Crippen molar-refractivity contribution in [2.75, 3.05) is 0 Å². The molecule has 0 spiro atoms. The summed E-state index contributed by atoms with van der Waals surface area (Å²) >= 11 is 0. The fourth-order valence-corrected chi connectivity index (χ4v) is 1.82. The summed E-state index contributed by atoms with van der Waals surface area (Å²) in [6, 6.07) is 8.28. The molecule has 0 saturated carbocycles. The van der Waals surface area contributed by atoms with Crippen LogP contribution in [0.3, 0.4) is 0 Å². The van der Waals surface area contributed by atoms with Gasteiger partial charge in [0.05, 0.1) is 0 Å². The van der Waals surface area contributed by atoms with E-state index in [9.17, 15) is 13.6 Å². The molecule has 0 unspecified atom stereocenters. The summed E-state index contributed by atoms with van der Waals surface area (Å²) in [6.45, 7) is 3.66. The van der Waals surface area contributed by atoms with Crippen molar-refractivity contribution in [2.24, 2.45) is 0 Å². The van der Waals surface area contributed by atoms with Gasteiger partial charge in [0.1, 0.15) is 11.6 Å². The van der Waals surface area contributed by atoms with Gasteiger partial charge in [0.2, 0.25) is 0 Å². The van der Waals surface area contributed by atoms with Crippen molar-refractivity contribution in [3.63, 3.8) is 0 Å². The Hall–Kier alpha value is -2.03. The molecule has 0 aliphatic carbocycles. The highest BCUT2D eigenvalue weighted by Crippen LogP contribution is 2.17. The maximum absolute atomic E-state index is 13.1. The molecule has 0 heterocycles. The summed E-state index contributed by atoms with van der Waals surface area (Å²) in [5.74, 6) is -1.86. The van der Waals surface area contributed by atoms with E-state index in [0.717, 1.165) is 29.3 Å². The summed E-state index contributed by atoms with van der Waals surface area (Å²) in [5.41, 5.74) is 2.22. The molecule has 0 N–H and O–H groups in total. The van der Waals surface area contributed by atoms with Crippen LogP contribution in [0.2, 0.25) is 0 Å². The summed E-state index contributed by atoms with van der Waals surface area (Å²) in [4.78, 5) is 12.2. The predicted molar refractivity (Wildman–Crippen MR) is 65.7 cm³/mol. The van der Waals surface area contributed by atoms with Crippen LogP contribution < -0.4 is 0 Å². The Kier molecular flexibility index (Phi) is 3.24. The zero-order chi connectivity index (χ0) is 13.3. The lowest BCUT2D eigenvalue weighted by Gasteiger charge is -2.06. The van der Waals surface area contributed by atoms with Crippen molar-refractivity contribution in [3.05, 3.63) is 70.3 Å². The van der Waals surface area contributed by atoms with Crippen molar-refractivity contribution in [1.29, 1.82) is 0 Å². The van der Waals surface area contributed by atoms with Gasteiger partial charge in [-0.2, -0.15) is 0 Å². The predicted octanol–water partition coefficient (Wildman–Crippen LogP) is 3.81. The van der Waals surface area contributed by atoms with Gasteiger partial charge < -0.3 is 0 Å². The lowest BCUT2D eigenvalue weighted by atomic mass is 9.97. The van der Waals surface area contributed by atoms with E-state index in [4.69, 9.17) is 0 Å². The highest BCUT2D eigenvalue weighted by molar-refractivity contribution is 6.10. The van der Waals surface area contributed by atoms with Crippen LogP contribution in [0.1, 0.15) is 27.0 Å². The summed E-state index contributed by atoms with van der Waals surface area (Å²) in [5, 5.41) is 0. The summed E-state index contributed by atoms with van der Waals surface area (Å²) in [7, 11) is 0. The molecule has 0 saturated heterocycles. The Morgan fingerprint density at radius 2 is 1.56 bits per heavy atom. The van der Waals surface area contributed by atoms with Gasteiger partial charge in [-0.25, -0.2) is 8.78 Å². The largest absolute Gasteiger partial charge is 0.289 e. The molecule has 2 rings (SSSR count). The van der Waals surface area contributed by atoms with E-state index >= 15 is 0 Å². The molecule has 0 radical (unpaired) electrons. The third-order valence-corrected chi connectivity index (χ3v) is 2.76. The molecular weight excluding hydrogens is 234 g/mol. The molecule has 0 aromatic heterocycles. The average Bonchev–Trinajstić information content (AvgIpc) is 2.30. The molecule has 0 aliphatic heterocycles. The quantitative estimate of drug-likeness (QED) is 0.736. The third-order valence-electron chi connectivity index (χ3n) is 2.76.